The second-order valence-corrected chi connectivity index (χ2v) is 5.88. The Labute approximate surface area is 131 Å². The average molecular weight is 346 g/mol. The van der Waals surface area contributed by atoms with Gasteiger partial charge in [-0.2, -0.15) is 8.42 Å². The van der Waals surface area contributed by atoms with Crippen molar-refractivity contribution in [2.45, 2.75) is 18.6 Å². The number of hydrogen-bond donors (Lipinski definition) is 2. The minimum atomic E-state index is -4.96. The molecule has 1 aromatic rings. The lowest BCUT2D eigenvalue weighted by Crippen LogP contribution is -2.33. The van der Waals surface area contributed by atoms with Gasteiger partial charge in [0.05, 0.1) is 13.0 Å². The first-order chi connectivity index (χ1) is 10.7. The van der Waals surface area contributed by atoms with E-state index in [-0.39, 0.29) is 23.7 Å². The van der Waals surface area contributed by atoms with Crippen molar-refractivity contribution in [3.05, 3.63) is 23.8 Å². The molecule has 1 atom stereocenters. The summed E-state index contributed by atoms with van der Waals surface area (Å²) >= 11 is 0. The molecule has 23 heavy (non-hydrogen) atoms. The molecule has 0 bridgehead atoms. The molecule has 2 N–H and O–H groups in total. The van der Waals surface area contributed by atoms with E-state index < -0.39 is 33.7 Å². The van der Waals surface area contributed by atoms with E-state index >= 15 is 0 Å². The molecule has 0 spiro atoms. The number of benzene rings is 1. The number of carboxylic acids is 1. The van der Waals surface area contributed by atoms with Crippen LogP contribution < -0.4 is 9.47 Å². The van der Waals surface area contributed by atoms with Crippen molar-refractivity contribution in [3.8, 4) is 11.5 Å². The van der Waals surface area contributed by atoms with Crippen LogP contribution in [0.1, 0.15) is 23.7 Å². The summed E-state index contributed by atoms with van der Waals surface area (Å²) < 4.78 is 40.7. The Morgan fingerprint density at radius 2 is 1.96 bits per heavy atom. The molecule has 0 heterocycles. The Bertz CT molecular complexity index is 708. The minimum absolute atomic E-state index is 0.0594. The number of carbonyl (C=O) groups is 3. The Balaban J connectivity index is 2.96. The maximum absolute atomic E-state index is 11.7. The summed E-state index contributed by atoms with van der Waals surface area (Å²) in [5, 5.41) is 6.39. The van der Waals surface area contributed by atoms with E-state index in [9.17, 15) is 22.8 Å². The van der Waals surface area contributed by atoms with Gasteiger partial charge in [0.2, 0.25) is 0 Å². The molecule has 0 aliphatic rings. The largest absolute Gasteiger partial charge is 0.490 e. The Hall–Kier alpha value is -2.46. The zero-order valence-electron chi connectivity index (χ0n) is 12.0. The zero-order valence-corrected chi connectivity index (χ0v) is 12.8. The van der Waals surface area contributed by atoms with Crippen LogP contribution in [0.25, 0.3) is 0 Å². The van der Waals surface area contributed by atoms with Gasteiger partial charge in [-0.15, -0.1) is 0 Å². The predicted octanol–water partition coefficient (Wildman–Crippen LogP) is 0.534. The average Bonchev–Trinajstić information content (AvgIpc) is 2.45. The molecule has 0 amide bonds. The molecule has 0 aromatic heterocycles. The summed E-state index contributed by atoms with van der Waals surface area (Å²) in [6.45, 7) is 1.85. The Kier molecular flexibility index (Phi) is 6.22. The van der Waals surface area contributed by atoms with Crippen LogP contribution >= 0.6 is 0 Å². The van der Waals surface area contributed by atoms with Crippen LogP contribution in [0.3, 0.4) is 0 Å². The first kappa shape index (κ1) is 18.6. The molecule has 0 saturated heterocycles. The highest BCUT2D eigenvalue weighted by atomic mass is 32.2. The second kappa shape index (κ2) is 7.70. The van der Waals surface area contributed by atoms with Gasteiger partial charge in [-0.3, -0.25) is 18.9 Å². The van der Waals surface area contributed by atoms with Gasteiger partial charge in [-0.1, -0.05) is 0 Å². The van der Waals surface area contributed by atoms with E-state index in [0.717, 1.165) is 0 Å². The molecule has 1 unspecified atom stereocenters. The van der Waals surface area contributed by atoms with Gasteiger partial charge in [-0.05, 0) is 25.1 Å². The molecule has 0 radical (unpaired) electrons. The highest BCUT2D eigenvalue weighted by Crippen LogP contribution is 2.28. The van der Waals surface area contributed by atoms with Gasteiger partial charge in [0.1, 0.15) is 6.29 Å². The topological polar surface area (TPSA) is 144 Å². The molecule has 9 nitrogen and oxygen atoms in total. The number of aldehydes is 1. The summed E-state index contributed by atoms with van der Waals surface area (Å²) in [5.41, 5.74) is 0.259. The Morgan fingerprint density at radius 3 is 2.43 bits per heavy atom. The highest BCUT2D eigenvalue weighted by molar-refractivity contribution is 7.87. The van der Waals surface area contributed by atoms with Crippen LogP contribution in [0.2, 0.25) is 0 Å². The third-order valence-electron chi connectivity index (χ3n) is 2.61. The second-order valence-electron chi connectivity index (χ2n) is 4.28. The molecule has 1 aromatic carbocycles. The van der Waals surface area contributed by atoms with E-state index in [1.165, 1.54) is 18.2 Å². The number of hydrogen-bond acceptors (Lipinski definition) is 7. The van der Waals surface area contributed by atoms with Crippen molar-refractivity contribution in [1.82, 2.24) is 0 Å². The summed E-state index contributed by atoms with van der Waals surface area (Å²) in [6, 6.07) is 3.88. The SMILES string of the molecule is CCOc1cc(C=O)ccc1OC(=O)CC(C(=O)O)S(=O)(=O)O. The molecule has 0 fully saturated rings. The van der Waals surface area contributed by atoms with Crippen LogP contribution in [-0.4, -0.2) is 48.2 Å². The summed E-state index contributed by atoms with van der Waals surface area (Å²) in [7, 11) is -4.96. The quantitative estimate of drug-likeness (QED) is 0.298. The molecular formula is C13H14O9S. The van der Waals surface area contributed by atoms with Crippen LogP contribution in [0.4, 0.5) is 0 Å². The van der Waals surface area contributed by atoms with Crippen LogP contribution in [0.5, 0.6) is 11.5 Å². The highest BCUT2D eigenvalue weighted by Gasteiger charge is 2.34. The predicted molar refractivity (Wildman–Crippen MR) is 76.2 cm³/mol. The van der Waals surface area contributed by atoms with Gasteiger partial charge in [0, 0.05) is 5.56 Å². The first-order valence-corrected chi connectivity index (χ1v) is 7.81. The fourth-order valence-electron chi connectivity index (χ4n) is 1.59. The molecule has 10 heteroatoms. The van der Waals surface area contributed by atoms with Gasteiger partial charge in [0.15, 0.2) is 16.7 Å². The number of ether oxygens (including phenoxy) is 2. The van der Waals surface area contributed by atoms with Crippen molar-refractivity contribution in [1.29, 1.82) is 0 Å². The third-order valence-corrected chi connectivity index (χ3v) is 3.70. The van der Waals surface area contributed by atoms with Crippen molar-refractivity contribution in [2.75, 3.05) is 6.61 Å². The zero-order chi connectivity index (χ0) is 17.6. The number of rotatable bonds is 8. The minimum Gasteiger partial charge on any atom is -0.490 e. The molecule has 126 valence electrons. The van der Waals surface area contributed by atoms with Crippen molar-refractivity contribution in [2.24, 2.45) is 0 Å². The first-order valence-electron chi connectivity index (χ1n) is 6.30. The lowest BCUT2D eigenvalue weighted by molar-refractivity contribution is -0.141. The summed E-state index contributed by atoms with van der Waals surface area (Å²) in [4.78, 5) is 33.2. The lowest BCUT2D eigenvalue weighted by Gasteiger charge is -2.12. The fourth-order valence-corrected chi connectivity index (χ4v) is 2.19. The van der Waals surface area contributed by atoms with Gasteiger partial charge >= 0.3 is 11.9 Å². The third kappa shape index (κ3) is 5.34. The molecule has 0 aliphatic heterocycles. The molecule has 0 saturated carbocycles. The van der Waals surface area contributed by atoms with Crippen molar-refractivity contribution >= 4 is 28.3 Å². The van der Waals surface area contributed by atoms with Crippen LogP contribution in [-0.2, 0) is 19.7 Å². The standard InChI is InChI=1S/C13H14O9S/c1-2-21-10-5-8(7-14)3-4-9(10)22-12(15)6-11(13(16)17)23(18,19)20/h3-5,7,11H,2,6H2,1H3,(H,16,17)(H,18,19,20). The summed E-state index contributed by atoms with van der Waals surface area (Å²) in [5.74, 6) is -3.13. The number of aliphatic carboxylic acids is 1. The maximum Gasteiger partial charge on any atom is 0.325 e. The number of carbonyl (C=O) groups excluding carboxylic acids is 2. The molecule has 0 aliphatic carbocycles. The van der Waals surface area contributed by atoms with Gasteiger partial charge in [0.25, 0.3) is 10.1 Å². The van der Waals surface area contributed by atoms with E-state index in [1.54, 1.807) is 6.92 Å². The molecular weight excluding hydrogens is 332 g/mol. The van der Waals surface area contributed by atoms with Crippen LogP contribution in [0.15, 0.2) is 18.2 Å². The number of carboxylic acid groups (broad SMARTS) is 1. The molecule has 1 rings (SSSR count). The van der Waals surface area contributed by atoms with Crippen molar-refractivity contribution < 1.29 is 41.9 Å². The monoisotopic (exact) mass is 346 g/mol. The maximum atomic E-state index is 11.7. The van der Waals surface area contributed by atoms with Gasteiger partial charge in [-0.25, -0.2) is 0 Å². The number of esters is 1. The normalized spacial score (nSPS) is 12.3. The van der Waals surface area contributed by atoms with Gasteiger partial charge < -0.3 is 14.6 Å². The fraction of sp³-hybridized carbons (Fsp3) is 0.308. The smallest absolute Gasteiger partial charge is 0.325 e. The van der Waals surface area contributed by atoms with E-state index in [2.05, 4.69) is 0 Å². The van der Waals surface area contributed by atoms with Crippen LogP contribution in [0, 0.1) is 0 Å². The summed E-state index contributed by atoms with van der Waals surface area (Å²) in [6.07, 6.45) is -0.540. The lowest BCUT2D eigenvalue weighted by atomic mass is 10.2. The van der Waals surface area contributed by atoms with E-state index in [1.807, 2.05) is 0 Å². The van der Waals surface area contributed by atoms with E-state index in [4.69, 9.17) is 19.1 Å². The van der Waals surface area contributed by atoms with Crippen molar-refractivity contribution in [3.63, 3.8) is 0 Å². The van der Waals surface area contributed by atoms with E-state index in [0.29, 0.717) is 6.29 Å². The Morgan fingerprint density at radius 1 is 1.30 bits per heavy atom.